The molecule has 0 radical (unpaired) electrons. The summed E-state index contributed by atoms with van der Waals surface area (Å²) in [4.78, 5) is 16.8. The summed E-state index contributed by atoms with van der Waals surface area (Å²) in [6.45, 7) is 2.36. The lowest BCUT2D eigenvalue weighted by Crippen LogP contribution is -2.40. The van der Waals surface area contributed by atoms with E-state index in [4.69, 9.17) is 22.1 Å². The number of carbonyl (C=O) groups is 1. The molecule has 8 heteroatoms. The molecule has 1 amide bonds. The van der Waals surface area contributed by atoms with Gasteiger partial charge in [0.25, 0.3) is 11.9 Å². The molecule has 0 bridgehead atoms. The Kier molecular flexibility index (Phi) is 4.96. The minimum absolute atomic E-state index is 0.0511. The van der Waals surface area contributed by atoms with Crippen LogP contribution in [0.5, 0.6) is 0 Å². The van der Waals surface area contributed by atoms with Gasteiger partial charge in [0.2, 0.25) is 0 Å². The number of amides is 1. The molecule has 0 saturated heterocycles. The van der Waals surface area contributed by atoms with Crippen LogP contribution in [0.2, 0.25) is 4.34 Å². The number of amidine groups is 1. The average molecular weight is 382 g/mol. The van der Waals surface area contributed by atoms with E-state index in [0.29, 0.717) is 39.9 Å². The summed E-state index contributed by atoms with van der Waals surface area (Å²) in [6.07, 6.45) is 1.04. The molecule has 1 aliphatic heterocycles. The monoisotopic (exact) mass is 381 g/mol. The second-order valence-corrected chi connectivity index (χ2v) is 7.39. The van der Waals surface area contributed by atoms with Gasteiger partial charge < -0.3 is 15.8 Å². The highest BCUT2D eigenvalue weighted by Gasteiger charge is 2.38. The van der Waals surface area contributed by atoms with E-state index < -0.39 is 11.4 Å². The molecule has 0 aliphatic carbocycles. The maximum atomic E-state index is 14.5. The number of carbonyl (C=O) groups excluding carboxylic acids is 1. The maximum Gasteiger partial charge on any atom is 0.282 e. The Morgan fingerprint density at radius 1 is 1.48 bits per heavy atom. The van der Waals surface area contributed by atoms with E-state index in [1.165, 1.54) is 23.5 Å². The van der Waals surface area contributed by atoms with Crippen LogP contribution in [0.15, 0.2) is 35.3 Å². The van der Waals surface area contributed by atoms with Gasteiger partial charge in [-0.05, 0) is 36.8 Å². The third-order valence-corrected chi connectivity index (χ3v) is 5.40. The lowest BCUT2D eigenvalue weighted by atomic mass is 9.86. The van der Waals surface area contributed by atoms with Gasteiger partial charge in [0.05, 0.1) is 9.21 Å². The van der Waals surface area contributed by atoms with Crippen LogP contribution in [-0.2, 0) is 10.3 Å². The number of nitrogens with one attached hydrogen (secondary N) is 1. The molecule has 1 aromatic carbocycles. The molecular formula is C17H17ClFN3O2S. The number of halogens is 2. The molecule has 132 valence electrons. The highest BCUT2D eigenvalue weighted by atomic mass is 35.5. The number of thiophene rings is 1. The van der Waals surface area contributed by atoms with Gasteiger partial charge in [-0.3, -0.25) is 4.79 Å². The number of anilines is 1. The SMILES string of the molecule is CC[C@@]1(c2cc(NC(=O)c3ccc(Cl)s3)ccc2F)CCN=C(N)O1. The van der Waals surface area contributed by atoms with E-state index in [1.807, 2.05) is 6.92 Å². The molecule has 1 atom stereocenters. The number of hydrogen-bond donors (Lipinski definition) is 2. The van der Waals surface area contributed by atoms with Crippen molar-refractivity contribution in [1.29, 1.82) is 0 Å². The molecule has 1 aliphatic rings. The molecular weight excluding hydrogens is 365 g/mol. The number of benzene rings is 1. The predicted molar refractivity (Wildman–Crippen MR) is 97.8 cm³/mol. The van der Waals surface area contributed by atoms with E-state index in [9.17, 15) is 9.18 Å². The zero-order valence-corrected chi connectivity index (χ0v) is 15.1. The fourth-order valence-electron chi connectivity index (χ4n) is 2.84. The number of aliphatic imine (C=N–C) groups is 1. The van der Waals surface area contributed by atoms with Gasteiger partial charge in [-0.1, -0.05) is 18.5 Å². The molecule has 25 heavy (non-hydrogen) atoms. The molecule has 0 unspecified atom stereocenters. The summed E-state index contributed by atoms with van der Waals surface area (Å²) in [7, 11) is 0. The molecule has 1 aromatic heterocycles. The van der Waals surface area contributed by atoms with E-state index in [1.54, 1.807) is 18.2 Å². The third kappa shape index (κ3) is 3.62. The van der Waals surface area contributed by atoms with Crippen LogP contribution in [0.1, 0.15) is 35.0 Å². The van der Waals surface area contributed by atoms with Crippen molar-refractivity contribution < 1.29 is 13.9 Å². The van der Waals surface area contributed by atoms with Gasteiger partial charge in [-0.2, -0.15) is 0 Å². The predicted octanol–water partition coefficient (Wildman–Crippen LogP) is 4.13. The van der Waals surface area contributed by atoms with E-state index in [-0.39, 0.29) is 11.9 Å². The standard InChI is InChI=1S/C17H17ClFN3O2S/c1-2-17(7-8-21-16(20)24-17)11-9-10(3-4-12(11)19)22-15(23)13-5-6-14(18)25-13/h3-6,9H,2,7-8H2,1H3,(H2,20,21)(H,22,23)/t17-/m0/s1. The number of hydrogen-bond acceptors (Lipinski definition) is 5. The lowest BCUT2D eigenvalue weighted by Gasteiger charge is -2.36. The summed E-state index contributed by atoms with van der Waals surface area (Å²) >= 11 is 7.03. The van der Waals surface area contributed by atoms with E-state index in [0.717, 1.165) is 0 Å². The zero-order chi connectivity index (χ0) is 18.0. The smallest absolute Gasteiger partial charge is 0.282 e. The van der Waals surface area contributed by atoms with Crippen LogP contribution in [0, 0.1) is 5.82 Å². The molecule has 2 heterocycles. The van der Waals surface area contributed by atoms with Crippen LogP contribution in [0.3, 0.4) is 0 Å². The number of rotatable bonds is 4. The molecule has 0 saturated carbocycles. The van der Waals surface area contributed by atoms with Crippen LogP contribution >= 0.6 is 22.9 Å². The van der Waals surface area contributed by atoms with E-state index >= 15 is 0 Å². The molecule has 0 spiro atoms. The summed E-state index contributed by atoms with van der Waals surface area (Å²) in [5, 5.41) is 2.76. The van der Waals surface area contributed by atoms with Gasteiger partial charge in [0.15, 0.2) is 0 Å². The minimum atomic E-state index is -0.886. The number of nitrogens with zero attached hydrogens (tertiary/aromatic N) is 1. The fourth-order valence-corrected chi connectivity index (χ4v) is 3.78. The maximum absolute atomic E-state index is 14.5. The van der Waals surface area contributed by atoms with Gasteiger partial charge >= 0.3 is 0 Å². The molecule has 0 fully saturated rings. The van der Waals surface area contributed by atoms with Gasteiger partial charge in [-0.25, -0.2) is 9.38 Å². The Labute approximate surface area is 153 Å². The lowest BCUT2D eigenvalue weighted by molar-refractivity contribution is 0.0248. The minimum Gasteiger partial charge on any atom is -0.454 e. The Hall–Kier alpha value is -2.12. The first kappa shape index (κ1) is 17.7. The summed E-state index contributed by atoms with van der Waals surface area (Å²) in [5.41, 5.74) is 5.64. The molecule has 3 rings (SSSR count). The van der Waals surface area contributed by atoms with Crippen LogP contribution < -0.4 is 11.1 Å². The first-order valence-electron chi connectivity index (χ1n) is 7.79. The highest BCUT2D eigenvalue weighted by molar-refractivity contribution is 7.18. The van der Waals surface area contributed by atoms with Gasteiger partial charge in [-0.15, -0.1) is 11.3 Å². The van der Waals surface area contributed by atoms with Crippen molar-refractivity contribution in [3.8, 4) is 0 Å². The summed E-state index contributed by atoms with van der Waals surface area (Å²) in [5.74, 6) is -0.709. The third-order valence-electron chi connectivity index (χ3n) is 4.17. The van der Waals surface area contributed by atoms with E-state index in [2.05, 4.69) is 10.3 Å². The summed E-state index contributed by atoms with van der Waals surface area (Å²) < 4.78 is 20.7. The van der Waals surface area contributed by atoms with Crippen molar-refractivity contribution >= 4 is 40.6 Å². The van der Waals surface area contributed by atoms with Crippen molar-refractivity contribution in [1.82, 2.24) is 0 Å². The van der Waals surface area contributed by atoms with Crippen molar-refractivity contribution in [3.05, 3.63) is 50.9 Å². The number of nitrogens with two attached hydrogens (primary N) is 1. The Balaban J connectivity index is 1.90. The second-order valence-electron chi connectivity index (χ2n) is 5.67. The normalized spacial score (nSPS) is 19.9. The van der Waals surface area contributed by atoms with Crippen LogP contribution in [0.4, 0.5) is 10.1 Å². The van der Waals surface area contributed by atoms with Crippen LogP contribution in [-0.4, -0.2) is 18.5 Å². The first-order chi connectivity index (χ1) is 11.9. The quantitative estimate of drug-likeness (QED) is 0.835. The number of ether oxygens (including phenoxy) is 1. The zero-order valence-electron chi connectivity index (χ0n) is 13.5. The summed E-state index contributed by atoms with van der Waals surface area (Å²) in [6, 6.07) is 7.76. The first-order valence-corrected chi connectivity index (χ1v) is 8.98. The molecule has 3 N–H and O–H groups in total. The average Bonchev–Trinajstić information content (AvgIpc) is 3.03. The van der Waals surface area contributed by atoms with Crippen molar-refractivity contribution in [2.75, 3.05) is 11.9 Å². The van der Waals surface area contributed by atoms with Crippen molar-refractivity contribution in [3.63, 3.8) is 0 Å². The van der Waals surface area contributed by atoms with Gasteiger partial charge in [0.1, 0.15) is 11.4 Å². The Bertz CT molecular complexity index is 839. The highest BCUT2D eigenvalue weighted by Crippen LogP contribution is 2.38. The van der Waals surface area contributed by atoms with Crippen molar-refractivity contribution in [2.24, 2.45) is 10.7 Å². The van der Waals surface area contributed by atoms with Crippen LogP contribution in [0.25, 0.3) is 0 Å². The topological polar surface area (TPSA) is 76.7 Å². The Morgan fingerprint density at radius 3 is 2.92 bits per heavy atom. The van der Waals surface area contributed by atoms with Gasteiger partial charge in [0, 0.05) is 24.2 Å². The fraction of sp³-hybridized carbons (Fsp3) is 0.294. The van der Waals surface area contributed by atoms with Crippen molar-refractivity contribution in [2.45, 2.75) is 25.4 Å². The Morgan fingerprint density at radius 2 is 2.28 bits per heavy atom. The largest absolute Gasteiger partial charge is 0.454 e. The second kappa shape index (κ2) is 7.01. The molecule has 5 nitrogen and oxygen atoms in total. The molecule has 2 aromatic rings.